The minimum atomic E-state index is -0.798. The van der Waals surface area contributed by atoms with Crippen molar-refractivity contribution in [3.05, 3.63) is 17.4 Å². The molecule has 0 aliphatic carbocycles. The zero-order valence-electron chi connectivity index (χ0n) is 17.8. The Hall–Kier alpha value is -0.760. The zero-order chi connectivity index (χ0) is 20.6. The van der Waals surface area contributed by atoms with Gasteiger partial charge in [-0.3, -0.25) is 0 Å². The lowest BCUT2D eigenvalue weighted by Crippen LogP contribution is -2.39. The molecule has 2 atom stereocenters. The Morgan fingerprint density at radius 2 is 1.83 bits per heavy atom. The van der Waals surface area contributed by atoms with Crippen molar-refractivity contribution in [2.75, 3.05) is 43.4 Å². The molecule has 0 bridgehead atoms. The van der Waals surface area contributed by atoms with Gasteiger partial charge in [0.1, 0.15) is 0 Å². The predicted octanol–water partition coefficient (Wildman–Crippen LogP) is 3.93. The van der Waals surface area contributed by atoms with Crippen LogP contribution in [-0.2, 0) is 15.7 Å². The third-order valence-corrected chi connectivity index (χ3v) is 8.12. The minimum absolute atomic E-state index is 0.334. The molecule has 2 aliphatic rings. The van der Waals surface area contributed by atoms with Crippen molar-refractivity contribution < 1.29 is 8.95 Å². The highest BCUT2D eigenvalue weighted by Crippen LogP contribution is 2.29. The van der Waals surface area contributed by atoms with E-state index in [9.17, 15) is 4.21 Å². The van der Waals surface area contributed by atoms with Crippen LogP contribution in [0.2, 0.25) is 5.02 Å². The lowest BCUT2D eigenvalue weighted by molar-refractivity contribution is 0.0122. The summed E-state index contributed by atoms with van der Waals surface area (Å²) in [5.41, 5.74) is 0. The van der Waals surface area contributed by atoms with Crippen LogP contribution in [-0.4, -0.2) is 63.1 Å². The van der Waals surface area contributed by atoms with E-state index in [1.807, 2.05) is 0 Å². The number of ether oxygens (including phenoxy) is 1. The first-order chi connectivity index (χ1) is 14.1. The van der Waals surface area contributed by atoms with Crippen molar-refractivity contribution in [1.82, 2.24) is 14.3 Å². The van der Waals surface area contributed by atoms with Gasteiger partial charge >= 0.3 is 0 Å². The molecule has 164 valence electrons. The number of nitrogens with zero attached hydrogens (tertiary/aromatic N) is 4. The van der Waals surface area contributed by atoms with Gasteiger partial charge in [0.25, 0.3) is 0 Å². The minimum Gasteiger partial charge on any atom is -0.378 e. The van der Waals surface area contributed by atoms with Crippen LogP contribution in [0.4, 0.5) is 5.95 Å². The maximum Gasteiger partial charge on any atom is 0.225 e. The number of hydrogen-bond acceptors (Lipinski definition) is 5. The van der Waals surface area contributed by atoms with Gasteiger partial charge in [0.15, 0.2) is 0 Å². The van der Waals surface area contributed by atoms with Crippen LogP contribution < -0.4 is 4.90 Å². The van der Waals surface area contributed by atoms with Gasteiger partial charge < -0.3 is 9.64 Å². The molecule has 0 saturated carbocycles. The Kier molecular flexibility index (Phi) is 9.15. The predicted molar refractivity (Wildman–Crippen MR) is 120 cm³/mol. The van der Waals surface area contributed by atoms with Gasteiger partial charge in [-0.05, 0) is 50.4 Å². The number of hydrogen-bond donors (Lipinski definition) is 0. The van der Waals surface area contributed by atoms with E-state index in [-0.39, 0.29) is 0 Å². The average Bonchev–Trinajstić information content (AvgIpc) is 2.75. The normalized spacial score (nSPS) is 22.0. The van der Waals surface area contributed by atoms with E-state index in [2.05, 4.69) is 33.0 Å². The highest BCUT2D eigenvalue weighted by atomic mass is 35.5. The highest BCUT2D eigenvalue weighted by Gasteiger charge is 2.26. The molecule has 3 heterocycles. The van der Waals surface area contributed by atoms with Gasteiger partial charge in [0, 0.05) is 38.5 Å². The molecule has 1 unspecified atom stereocenters. The molecule has 6 nitrogen and oxygen atoms in total. The summed E-state index contributed by atoms with van der Waals surface area (Å²) in [6.45, 7) is 9.10. The lowest BCUT2D eigenvalue weighted by Gasteiger charge is -2.35. The summed E-state index contributed by atoms with van der Waals surface area (Å²) < 4.78 is 20.4. The molecule has 29 heavy (non-hydrogen) atoms. The molecular weight excluding hydrogens is 408 g/mol. The summed E-state index contributed by atoms with van der Waals surface area (Å²) in [4.78, 5) is 10.9. The third kappa shape index (κ3) is 6.88. The summed E-state index contributed by atoms with van der Waals surface area (Å²) >= 11 is 5.88. The number of halogens is 1. The fraction of sp³-hybridized carbons (Fsp3) is 0.810. The first kappa shape index (κ1) is 22.9. The SMILES string of the molecule is CCCS(=O)N1CCC(OCC[C@H](C)C2CCN(c3ncc(Cl)cn3)CC2)CC1. The van der Waals surface area contributed by atoms with Crippen LogP contribution in [0.15, 0.2) is 12.4 Å². The molecule has 2 aliphatic heterocycles. The molecule has 8 heteroatoms. The Balaban J connectivity index is 1.31. The van der Waals surface area contributed by atoms with Gasteiger partial charge in [0.2, 0.25) is 5.95 Å². The van der Waals surface area contributed by atoms with E-state index < -0.39 is 11.0 Å². The van der Waals surface area contributed by atoms with Gasteiger partial charge in [-0.15, -0.1) is 0 Å². The van der Waals surface area contributed by atoms with E-state index in [1.54, 1.807) is 12.4 Å². The van der Waals surface area contributed by atoms with E-state index in [1.165, 1.54) is 12.8 Å². The van der Waals surface area contributed by atoms with Crippen molar-refractivity contribution in [1.29, 1.82) is 0 Å². The zero-order valence-corrected chi connectivity index (χ0v) is 19.3. The highest BCUT2D eigenvalue weighted by molar-refractivity contribution is 7.82. The van der Waals surface area contributed by atoms with Gasteiger partial charge in [0.05, 0.1) is 34.5 Å². The monoisotopic (exact) mass is 442 g/mol. The number of aromatic nitrogens is 2. The molecule has 1 aromatic heterocycles. The van der Waals surface area contributed by atoms with E-state index in [0.717, 1.165) is 76.1 Å². The van der Waals surface area contributed by atoms with Crippen LogP contribution in [0.25, 0.3) is 0 Å². The molecule has 3 rings (SSSR count). The Labute approximate surface area is 183 Å². The smallest absolute Gasteiger partial charge is 0.225 e. The van der Waals surface area contributed by atoms with Crippen molar-refractivity contribution >= 4 is 28.5 Å². The summed E-state index contributed by atoms with van der Waals surface area (Å²) in [5, 5.41) is 0.581. The fourth-order valence-corrected chi connectivity index (χ4v) is 5.62. The third-order valence-electron chi connectivity index (χ3n) is 6.23. The summed E-state index contributed by atoms with van der Waals surface area (Å²) in [6.07, 6.45) is 10.1. The molecule has 2 fully saturated rings. The summed E-state index contributed by atoms with van der Waals surface area (Å²) in [6, 6.07) is 0. The van der Waals surface area contributed by atoms with E-state index in [0.29, 0.717) is 17.0 Å². The standard InChI is InChI=1S/C21H35ClN4O2S/c1-3-14-29(27)26-11-6-20(7-12-26)28-13-8-17(2)18-4-9-25(10-5-18)21-23-15-19(22)16-24-21/h15-18,20H,3-14H2,1-2H3/t17-,29?/m0/s1. The van der Waals surface area contributed by atoms with Gasteiger partial charge in [-0.1, -0.05) is 25.4 Å². The summed E-state index contributed by atoms with van der Waals surface area (Å²) in [5.74, 6) is 2.97. The second kappa shape index (κ2) is 11.6. The molecule has 0 amide bonds. The van der Waals surface area contributed by atoms with Crippen molar-refractivity contribution in [3.63, 3.8) is 0 Å². The lowest BCUT2D eigenvalue weighted by atomic mass is 9.84. The molecule has 0 aromatic carbocycles. The second-order valence-corrected chi connectivity index (χ2v) is 10.3. The van der Waals surface area contributed by atoms with Gasteiger partial charge in [-0.2, -0.15) is 0 Å². The maximum absolute atomic E-state index is 12.1. The quantitative estimate of drug-likeness (QED) is 0.580. The van der Waals surface area contributed by atoms with Crippen LogP contribution >= 0.6 is 11.6 Å². The number of piperidine rings is 2. The van der Waals surface area contributed by atoms with Crippen molar-refractivity contribution in [3.8, 4) is 0 Å². The number of anilines is 1. The summed E-state index contributed by atoms with van der Waals surface area (Å²) in [7, 11) is -0.798. The molecular formula is C21H35ClN4O2S. The largest absolute Gasteiger partial charge is 0.378 e. The molecule has 0 spiro atoms. The maximum atomic E-state index is 12.1. The Morgan fingerprint density at radius 1 is 1.17 bits per heavy atom. The Bertz CT molecular complexity index is 632. The molecule has 2 saturated heterocycles. The van der Waals surface area contributed by atoms with Crippen LogP contribution in [0.5, 0.6) is 0 Å². The van der Waals surface area contributed by atoms with Crippen LogP contribution in [0.3, 0.4) is 0 Å². The average molecular weight is 443 g/mol. The van der Waals surface area contributed by atoms with Crippen molar-refractivity contribution in [2.45, 2.75) is 58.5 Å². The van der Waals surface area contributed by atoms with Crippen molar-refractivity contribution in [2.24, 2.45) is 11.8 Å². The fourth-order valence-electron chi connectivity index (χ4n) is 4.30. The van der Waals surface area contributed by atoms with E-state index in [4.69, 9.17) is 16.3 Å². The Morgan fingerprint density at radius 3 is 2.45 bits per heavy atom. The second-order valence-electron chi connectivity index (χ2n) is 8.32. The van der Waals surface area contributed by atoms with Crippen LogP contribution in [0, 0.1) is 11.8 Å². The van der Waals surface area contributed by atoms with E-state index >= 15 is 0 Å². The topological polar surface area (TPSA) is 58.6 Å². The number of rotatable bonds is 9. The first-order valence-corrected chi connectivity index (χ1v) is 12.7. The molecule has 0 N–H and O–H groups in total. The molecule has 1 aromatic rings. The van der Waals surface area contributed by atoms with Crippen LogP contribution in [0.1, 0.15) is 52.4 Å². The first-order valence-electron chi connectivity index (χ1n) is 11.0. The van der Waals surface area contributed by atoms with Gasteiger partial charge in [-0.25, -0.2) is 18.5 Å². The molecule has 0 radical (unpaired) electrons.